The third-order valence-electron chi connectivity index (χ3n) is 3.64. The summed E-state index contributed by atoms with van der Waals surface area (Å²) in [6.07, 6.45) is 19.1. The molecule has 0 saturated carbocycles. The Bertz CT molecular complexity index is 299. The summed E-state index contributed by atoms with van der Waals surface area (Å²) in [6, 6.07) is 0. The highest BCUT2D eigenvalue weighted by Crippen LogP contribution is 2.20. The molecule has 0 saturated heterocycles. The number of allylic oxidation sites excluding steroid dienone is 3. The fourth-order valence-electron chi connectivity index (χ4n) is 2.41. The van der Waals surface area contributed by atoms with Crippen LogP contribution in [-0.4, -0.2) is 5.71 Å². The molecule has 0 aromatic heterocycles. The summed E-state index contributed by atoms with van der Waals surface area (Å²) < 4.78 is 0. The number of hydrogen-bond acceptors (Lipinski definition) is 1. The van der Waals surface area contributed by atoms with Crippen molar-refractivity contribution in [1.29, 1.82) is 0 Å². The molecule has 0 bridgehead atoms. The zero-order chi connectivity index (χ0) is 15.1. The second kappa shape index (κ2) is 14.3. The van der Waals surface area contributed by atoms with Crippen molar-refractivity contribution in [2.24, 2.45) is 10.9 Å². The second-order valence-electron chi connectivity index (χ2n) is 5.38. The molecule has 1 unspecified atom stereocenters. The maximum absolute atomic E-state index is 4.56. The van der Waals surface area contributed by atoms with Crippen LogP contribution in [0.2, 0.25) is 0 Å². The number of hydrogen-bond donors (Lipinski definition) is 0. The third-order valence-corrected chi connectivity index (χ3v) is 3.64. The molecule has 20 heavy (non-hydrogen) atoms. The quantitative estimate of drug-likeness (QED) is 0.207. The van der Waals surface area contributed by atoms with Crippen molar-refractivity contribution in [2.45, 2.75) is 71.6 Å². The van der Waals surface area contributed by atoms with Gasteiger partial charge in [0.25, 0.3) is 0 Å². The van der Waals surface area contributed by atoms with Gasteiger partial charge in [0.1, 0.15) is 0 Å². The first-order chi connectivity index (χ1) is 9.79. The summed E-state index contributed by atoms with van der Waals surface area (Å²) in [5.74, 6) is 0.574. The minimum atomic E-state index is 0.574. The molecule has 1 heteroatoms. The van der Waals surface area contributed by atoms with Crippen LogP contribution in [-0.2, 0) is 0 Å². The Balaban J connectivity index is 4.50. The Kier molecular flexibility index (Phi) is 13.5. The molecule has 1 atom stereocenters. The van der Waals surface area contributed by atoms with Crippen LogP contribution in [0.4, 0.5) is 0 Å². The Morgan fingerprint density at radius 2 is 1.55 bits per heavy atom. The predicted molar refractivity (Wildman–Crippen MR) is 93.4 cm³/mol. The Labute approximate surface area is 126 Å². The highest BCUT2D eigenvalue weighted by molar-refractivity contribution is 5.96. The van der Waals surface area contributed by atoms with Crippen molar-refractivity contribution in [3.63, 3.8) is 0 Å². The van der Waals surface area contributed by atoms with Crippen molar-refractivity contribution < 1.29 is 0 Å². The molecular formula is C19H33N. The first-order valence-corrected chi connectivity index (χ1v) is 8.27. The smallest absolute Gasteiger partial charge is 0.0428 e. The number of aliphatic imine (C=N–C) groups is 1. The van der Waals surface area contributed by atoms with Crippen LogP contribution < -0.4 is 0 Å². The Morgan fingerprint density at radius 3 is 2.10 bits per heavy atom. The zero-order valence-electron chi connectivity index (χ0n) is 13.6. The van der Waals surface area contributed by atoms with Crippen LogP contribution in [0.3, 0.4) is 0 Å². The molecule has 0 spiro atoms. The van der Waals surface area contributed by atoms with Gasteiger partial charge in [0.2, 0.25) is 0 Å². The molecule has 0 aromatic rings. The number of rotatable bonds is 13. The fourth-order valence-corrected chi connectivity index (χ4v) is 2.41. The molecular weight excluding hydrogens is 242 g/mol. The molecule has 0 aliphatic heterocycles. The summed E-state index contributed by atoms with van der Waals surface area (Å²) in [7, 11) is 0. The molecule has 0 fully saturated rings. The van der Waals surface area contributed by atoms with Crippen molar-refractivity contribution in [3.8, 4) is 0 Å². The molecule has 0 aliphatic rings. The SMILES string of the molecule is C=C/C=C\N=C(C=C)C(CCCCC)CCCCCC. The zero-order valence-corrected chi connectivity index (χ0v) is 13.6. The van der Waals surface area contributed by atoms with Gasteiger partial charge in [-0.25, -0.2) is 0 Å². The summed E-state index contributed by atoms with van der Waals surface area (Å²) in [5, 5.41) is 0. The normalized spacial score (nSPS) is 13.6. The highest BCUT2D eigenvalue weighted by atomic mass is 14.7. The van der Waals surface area contributed by atoms with E-state index in [0.717, 1.165) is 5.71 Å². The molecule has 0 rings (SSSR count). The van der Waals surface area contributed by atoms with E-state index in [1.807, 2.05) is 18.4 Å². The second-order valence-corrected chi connectivity index (χ2v) is 5.38. The van der Waals surface area contributed by atoms with Gasteiger partial charge in [-0.05, 0) is 25.0 Å². The summed E-state index contributed by atoms with van der Waals surface area (Å²) in [6.45, 7) is 12.1. The maximum atomic E-state index is 4.56. The molecule has 0 heterocycles. The van der Waals surface area contributed by atoms with Gasteiger partial charge in [-0.2, -0.15) is 0 Å². The van der Waals surface area contributed by atoms with Gasteiger partial charge >= 0.3 is 0 Å². The van der Waals surface area contributed by atoms with Crippen LogP contribution in [0, 0.1) is 5.92 Å². The predicted octanol–water partition coefficient (Wildman–Crippen LogP) is 6.48. The minimum absolute atomic E-state index is 0.574. The Morgan fingerprint density at radius 1 is 0.950 bits per heavy atom. The summed E-state index contributed by atoms with van der Waals surface area (Å²) in [4.78, 5) is 4.56. The average molecular weight is 275 g/mol. The lowest BCUT2D eigenvalue weighted by Gasteiger charge is -2.16. The minimum Gasteiger partial charge on any atom is -0.261 e. The van der Waals surface area contributed by atoms with Crippen LogP contribution in [0.25, 0.3) is 0 Å². The van der Waals surface area contributed by atoms with E-state index in [9.17, 15) is 0 Å². The Hall–Kier alpha value is -1.11. The molecule has 1 nitrogen and oxygen atoms in total. The molecule has 0 aliphatic carbocycles. The van der Waals surface area contributed by atoms with E-state index in [-0.39, 0.29) is 0 Å². The average Bonchev–Trinajstić information content (AvgIpc) is 2.47. The van der Waals surface area contributed by atoms with E-state index >= 15 is 0 Å². The summed E-state index contributed by atoms with van der Waals surface area (Å²) >= 11 is 0. The van der Waals surface area contributed by atoms with Crippen molar-refractivity contribution in [3.05, 3.63) is 37.6 Å². The summed E-state index contributed by atoms with van der Waals surface area (Å²) in [5.41, 5.74) is 1.15. The lowest BCUT2D eigenvalue weighted by Crippen LogP contribution is -2.12. The highest BCUT2D eigenvalue weighted by Gasteiger charge is 2.12. The van der Waals surface area contributed by atoms with Gasteiger partial charge in [0.15, 0.2) is 0 Å². The third kappa shape index (κ3) is 9.77. The van der Waals surface area contributed by atoms with Gasteiger partial charge in [0.05, 0.1) is 0 Å². The van der Waals surface area contributed by atoms with Gasteiger partial charge in [0, 0.05) is 17.8 Å². The van der Waals surface area contributed by atoms with E-state index in [2.05, 4.69) is 32.0 Å². The fraction of sp³-hybridized carbons (Fsp3) is 0.632. The monoisotopic (exact) mass is 275 g/mol. The maximum Gasteiger partial charge on any atom is 0.0428 e. The molecule has 0 aromatic carbocycles. The topological polar surface area (TPSA) is 12.4 Å². The molecule has 0 radical (unpaired) electrons. The van der Waals surface area contributed by atoms with Crippen molar-refractivity contribution >= 4 is 5.71 Å². The van der Waals surface area contributed by atoms with Crippen LogP contribution in [0.15, 0.2) is 42.6 Å². The van der Waals surface area contributed by atoms with Crippen LogP contribution >= 0.6 is 0 Å². The molecule has 114 valence electrons. The van der Waals surface area contributed by atoms with Gasteiger partial charge in [-0.1, -0.05) is 78.0 Å². The van der Waals surface area contributed by atoms with Gasteiger partial charge < -0.3 is 0 Å². The first kappa shape index (κ1) is 18.9. The van der Waals surface area contributed by atoms with Crippen LogP contribution in [0.5, 0.6) is 0 Å². The first-order valence-electron chi connectivity index (χ1n) is 8.27. The van der Waals surface area contributed by atoms with Gasteiger partial charge in [-0.15, -0.1) is 0 Å². The lowest BCUT2D eigenvalue weighted by molar-refractivity contribution is 0.499. The van der Waals surface area contributed by atoms with Crippen molar-refractivity contribution in [2.75, 3.05) is 0 Å². The molecule has 0 N–H and O–H groups in total. The van der Waals surface area contributed by atoms with E-state index in [1.54, 1.807) is 6.08 Å². The van der Waals surface area contributed by atoms with Gasteiger partial charge in [-0.3, -0.25) is 4.99 Å². The van der Waals surface area contributed by atoms with E-state index in [4.69, 9.17) is 0 Å². The lowest BCUT2D eigenvalue weighted by atomic mass is 9.90. The van der Waals surface area contributed by atoms with E-state index in [0.29, 0.717) is 5.92 Å². The van der Waals surface area contributed by atoms with Crippen molar-refractivity contribution in [1.82, 2.24) is 0 Å². The number of nitrogens with zero attached hydrogens (tertiary/aromatic N) is 1. The molecule has 0 amide bonds. The van der Waals surface area contributed by atoms with E-state index in [1.165, 1.54) is 57.8 Å². The largest absolute Gasteiger partial charge is 0.261 e. The standard InChI is InChI=1S/C19H33N/c1-5-9-12-14-16-18(15-13-10-6-2)19(8-4)20-17-11-7-3/h7-8,11,17-18H,3-6,9-10,12-16H2,1-2H3/b17-11-,20-19?. The van der Waals surface area contributed by atoms with E-state index < -0.39 is 0 Å². The number of unbranched alkanes of at least 4 members (excludes halogenated alkanes) is 5. The van der Waals surface area contributed by atoms with Crippen LogP contribution in [0.1, 0.15) is 71.6 Å².